The van der Waals surface area contributed by atoms with Crippen molar-refractivity contribution in [1.82, 2.24) is 10.2 Å². The summed E-state index contributed by atoms with van der Waals surface area (Å²) in [6.45, 7) is 10.8. The van der Waals surface area contributed by atoms with Gasteiger partial charge in [0.2, 0.25) is 11.8 Å². The summed E-state index contributed by atoms with van der Waals surface area (Å²) < 4.78 is 16.7. The van der Waals surface area contributed by atoms with Crippen LogP contribution in [0.2, 0.25) is 0 Å². The number of ether oxygens (including phenoxy) is 3. The Hall–Kier alpha value is -3.22. The Kier molecular flexibility index (Phi) is 10.7. The van der Waals surface area contributed by atoms with Crippen molar-refractivity contribution >= 4 is 11.8 Å². The zero-order valence-corrected chi connectivity index (χ0v) is 21.2. The number of aryl methyl sites for hydroxylation is 1. The number of benzene rings is 2. The Bertz CT molecular complexity index is 944. The fraction of sp³-hybridized carbons (Fsp3) is 0.481. The Balaban J connectivity index is 2.20. The lowest BCUT2D eigenvalue weighted by atomic mass is 10.1. The zero-order chi connectivity index (χ0) is 25.1. The van der Waals surface area contributed by atoms with Gasteiger partial charge in [-0.15, -0.1) is 0 Å². The van der Waals surface area contributed by atoms with Crippen LogP contribution in [0.15, 0.2) is 42.5 Å². The number of nitrogens with one attached hydrogen (secondary N) is 1. The van der Waals surface area contributed by atoms with E-state index in [1.54, 1.807) is 18.9 Å². The van der Waals surface area contributed by atoms with Crippen LogP contribution in [-0.2, 0) is 22.6 Å². The molecule has 1 N–H and O–H groups in total. The molecule has 0 fully saturated rings. The lowest BCUT2D eigenvalue weighted by molar-refractivity contribution is -0.140. The highest BCUT2D eigenvalue weighted by Gasteiger charge is 2.26. The van der Waals surface area contributed by atoms with Gasteiger partial charge in [-0.3, -0.25) is 9.59 Å². The second-order valence-electron chi connectivity index (χ2n) is 8.36. The molecule has 2 aromatic rings. The maximum absolute atomic E-state index is 13.3. The molecule has 1 unspecified atom stereocenters. The number of nitrogens with zero attached hydrogens (tertiary/aromatic N) is 1. The van der Waals surface area contributed by atoms with E-state index < -0.39 is 6.04 Å². The summed E-state index contributed by atoms with van der Waals surface area (Å²) in [6, 6.07) is 12.7. The van der Waals surface area contributed by atoms with Crippen LogP contribution >= 0.6 is 0 Å². The van der Waals surface area contributed by atoms with Gasteiger partial charge in [0.1, 0.15) is 11.8 Å². The molecule has 186 valence electrons. The van der Waals surface area contributed by atoms with E-state index in [1.165, 1.54) is 0 Å². The van der Waals surface area contributed by atoms with Crippen LogP contribution in [0.25, 0.3) is 0 Å². The minimum absolute atomic E-state index is 0.00966. The predicted molar refractivity (Wildman–Crippen MR) is 133 cm³/mol. The molecule has 0 spiro atoms. The molecule has 7 heteroatoms. The first-order chi connectivity index (χ1) is 16.3. The number of amides is 2. The average Bonchev–Trinajstić information content (AvgIpc) is 2.82. The summed E-state index contributed by atoms with van der Waals surface area (Å²) in [5.41, 5.74) is 1.87. The van der Waals surface area contributed by atoms with E-state index in [-0.39, 0.29) is 24.3 Å². The van der Waals surface area contributed by atoms with Crippen molar-refractivity contribution in [3.05, 3.63) is 53.6 Å². The summed E-state index contributed by atoms with van der Waals surface area (Å²) in [5.74, 6) is 1.80. The highest BCUT2D eigenvalue weighted by atomic mass is 16.5. The van der Waals surface area contributed by atoms with Gasteiger partial charge in [-0.1, -0.05) is 18.2 Å². The van der Waals surface area contributed by atoms with E-state index in [0.29, 0.717) is 43.4 Å². The molecule has 2 amide bonds. The SMILES string of the molecule is CCOc1ccc(CCC(=O)N(Cc2cccc(OC)c2)C(C)C(=O)NC(C)C)cc1OCC. The third-order valence-electron chi connectivity index (χ3n) is 5.32. The molecule has 2 rings (SSSR count). The standard InChI is InChI=1S/C27H38N2O5/c1-7-33-24-14-12-21(17-25(24)34-8-2)13-15-26(30)29(20(5)27(31)28-19(3)4)18-22-10-9-11-23(16-22)32-6/h9-12,14,16-17,19-20H,7-8,13,15,18H2,1-6H3,(H,28,31). The van der Waals surface area contributed by atoms with Gasteiger partial charge in [-0.2, -0.15) is 0 Å². The first-order valence-electron chi connectivity index (χ1n) is 11.9. The van der Waals surface area contributed by atoms with Gasteiger partial charge in [-0.25, -0.2) is 0 Å². The molecule has 0 aromatic heterocycles. The maximum atomic E-state index is 13.3. The van der Waals surface area contributed by atoms with E-state index in [2.05, 4.69) is 5.32 Å². The van der Waals surface area contributed by atoms with Gasteiger partial charge in [0.05, 0.1) is 20.3 Å². The van der Waals surface area contributed by atoms with Crippen molar-refractivity contribution in [2.24, 2.45) is 0 Å². The van der Waals surface area contributed by atoms with Crippen LogP contribution < -0.4 is 19.5 Å². The smallest absolute Gasteiger partial charge is 0.242 e. The zero-order valence-electron chi connectivity index (χ0n) is 21.2. The lowest BCUT2D eigenvalue weighted by Gasteiger charge is -2.29. The fourth-order valence-corrected chi connectivity index (χ4v) is 3.60. The van der Waals surface area contributed by atoms with Gasteiger partial charge in [-0.05, 0) is 76.4 Å². The van der Waals surface area contributed by atoms with Crippen molar-refractivity contribution in [2.45, 2.75) is 66.1 Å². The molecule has 0 aliphatic carbocycles. The summed E-state index contributed by atoms with van der Waals surface area (Å²) in [5, 5.41) is 2.91. The molecule has 7 nitrogen and oxygen atoms in total. The Morgan fingerprint density at radius 3 is 2.29 bits per heavy atom. The Morgan fingerprint density at radius 1 is 0.941 bits per heavy atom. The molecule has 2 aromatic carbocycles. The molecule has 0 saturated carbocycles. The molecule has 1 atom stereocenters. The van der Waals surface area contributed by atoms with E-state index in [0.717, 1.165) is 11.1 Å². The van der Waals surface area contributed by atoms with Gasteiger partial charge < -0.3 is 24.4 Å². The van der Waals surface area contributed by atoms with Crippen LogP contribution in [0.3, 0.4) is 0 Å². The monoisotopic (exact) mass is 470 g/mol. The van der Waals surface area contributed by atoms with E-state index in [1.807, 2.05) is 70.2 Å². The van der Waals surface area contributed by atoms with Gasteiger partial charge in [0, 0.05) is 19.0 Å². The second kappa shape index (κ2) is 13.5. The summed E-state index contributed by atoms with van der Waals surface area (Å²) in [7, 11) is 1.61. The number of methoxy groups -OCH3 is 1. The van der Waals surface area contributed by atoms with Crippen molar-refractivity contribution in [2.75, 3.05) is 20.3 Å². The number of rotatable bonds is 13. The van der Waals surface area contributed by atoms with Crippen molar-refractivity contribution in [3.8, 4) is 17.2 Å². The summed E-state index contributed by atoms with van der Waals surface area (Å²) in [6.07, 6.45) is 0.793. The van der Waals surface area contributed by atoms with Crippen LogP contribution in [-0.4, -0.2) is 49.1 Å². The number of carbonyl (C=O) groups excluding carboxylic acids is 2. The van der Waals surface area contributed by atoms with Crippen LogP contribution in [0.5, 0.6) is 17.2 Å². The molecular weight excluding hydrogens is 432 g/mol. The number of carbonyl (C=O) groups is 2. The third-order valence-corrected chi connectivity index (χ3v) is 5.32. The van der Waals surface area contributed by atoms with Crippen molar-refractivity contribution < 1.29 is 23.8 Å². The molecule has 0 saturated heterocycles. The van der Waals surface area contributed by atoms with Crippen LogP contribution in [0.1, 0.15) is 52.2 Å². The van der Waals surface area contributed by atoms with Gasteiger partial charge >= 0.3 is 0 Å². The first-order valence-corrected chi connectivity index (χ1v) is 11.9. The Labute approximate surface area is 203 Å². The van der Waals surface area contributed by atoms with Crippen LogP contribution in [0.4, 0.5) is 0 Å². The first kappa shape index (κ1) is 27.0. The third kappa shape index (κ3) is 7.97. The summed E-state index contributed by atoms with van der Waals surface area (Å²) in [4.78, 5) is 27.7. The molecule has 0 aliphatic heterocycles. The highest BCUT2D eigenvalue weighted by Crippen LogP contribution is 2.29. The summed E-state index contributed by atoms with van der Waals surface area (Å²) >= 11 is 0. The van der Waals surface area contributed by atoms with Gasteiger partial charge in [0.15, 0.2) is 11.5 Å². The molecule has 0 radical (unpaired) electrons. The average molecular weight is 471 g/mol. The lowest BCUT2D eigenvalue weighted by Crippen LogP contribution is -2.49. The highest BCUT2D eigenvalue weighted by molar-refractivity contribution is 5.87. The molecule has 34 heavy (non-hydrogen) atoms. The minimum Gasteiger partial charge on any atom is -0.497 e. The minimum atomic E-state index is -0.611. The van der Waals surface area contributed by atoms with E-state index >= 15 is 0 Å². The van der Waals surface area contributed by atoms with Crippen molar-refractivity contribution in [3.63, 3.8) is 0 Å². The second-order valence-corrected chi connectivity index (χ2v) is 8.36. The van der Waals surface area contributed by atoms with Gasteiger partial charge in [0.25, 0.3) is 0 Å². The Morgan fingerprint density at radius 2 is 1.65 bits per heavy atom. The largest absolute Gasteiger partial charge is 0.497 e. The molecule has 0 bridgehead atoms. The van der Waals surface area contributed by atoms with E-state index in [4.69, 9.17) is 14.2 Å². The number of hydrogen-bond donors (Lipinski definition) is 1. The molecular formula is C27H38N2O5. The molecule has 0 heterocycles. The molecule has 0 aliphatic rings. The predicted octanol–water partition coefficient (Wildman–Crippen LogP) is 4.37. The van der Waals surface area contributed by atoms with Crippen LogP contribution in [0, 0.1) is 0 Å². The number of hydrogen-bond acceptors (Lipinski definition) is 5. The topological polar surface area (TPSA) is 77.1 Å². The normalized spacial score (nSPS) is 11.6. The van der Waals surface area contributed by atoms with E-state index in [9.17, 15) is 9.59 Å². The fourth-order valence-electron chi connectivity index (χ4n) is 3.60. The maximum Gasteiger partial charge on any atom is 0.242 e. The quantitative estimate of drug-likeness (QED) is 0.471. The van der Waals surface area contributed by atoms with Crippen molar-refractivity contribution in [1.29, 1.82) is 0 Å².